The summed E-state index contributed by atoms with van der Waals surface area (Å²) in [6, 6.07) is 12.1. The second kappa shape index (κ2) is 11.6. The molecule has 1 saturated carbocycles. The minimum absolute atomic E-state index is 0.0106. The Morgan fingerprint density at radius 3 is 2.28 bits per heavy atom. The van der Waals surface area contributed by atoms with E-state index in [1.54, 1.807) is 24.3 Å². The van der Waals surface area contributed by atoms with Crippen LogP contribution < -0.4 is 15.4 Å². The van der Waals surface area contributed by atoms with Gasteiger partial charge in [-0.25, -0.2) is 22.7 Å². The number of nitrogens with one attached hydrogen (secondary N) is 3. The zero-order valence-electron chi connectivity index (χ0n) is 20.2. The maximum atomic E-state index is 12.6. The predicted molar refractivity (Wildman–Crippen MR) is 135 cm³/mol. The van der Waals surface area contributed by atoms with Crippen molar-refractivity contribution in [2.45, 2.75) is 68.8 Å². The quantitative estimate of drug-likeness (QED) is 0.544. The molecule has 0 bridgehead atoms. The van der Waals surface area contributed by atoms with Crippen molar-refractivity contribution in [3.05, 3.63) is 65.2 Å². The van der Waals surface area contributed by atoms with E-state index in [9.17, 15) is 22.8 Å². The fourth-order valence-corrected chi connectivity index (χ4v) is 5.57. The molecule has 5 amide bonds. The standard InChI is InChI=1S/C26H32N4O5S/c31-24-23-11-7-6-8-20(23)18-30(24)26(33)27-17-16-19-12-14-22(15-13-19)36(34,35)29-25(32)28-21-9-4-2-1-3-5-10-21/h6-8,11-15,21H,1-5,9-10,16-18H2,(H,27,33)(H2,28,29,32). The molecule has 1 heterocycles. The van der Waals surface area contributed by atoms with Gasteiger partial charge in [0.1, 0.15) is 0 Å². The molecule has 10 heteroatoms. The van der Waals surface area contributed by atoms with Gasteiger partial charge in [-0.2, -0.15) is 0 Å². The van der Waals surface area contributed by atoms with Gasteiger partial charge in [0, 0.05) is 18.2 Å². The number of sulfonamides is 1. The van der Waals surface area contributed by atoms with E-state index in [1.165, 1.54) is 23.5 Å². The summed E-state index contributed by atoms with van der Waals surface area (Å²) < 4.78 is 27.4. The molecule has 0 aromatic heterocycles. The largest absolute Gasteiger partial charge is 0.337 e. The van der Waals surface area contributed by atoms with Crippen molar-refractivity contribution in [2.24, 2.45) is 0 Å². The third kappa shape index (κ3) is 6.42. The topological polar surface area (TPSA) is 125 Å². The lowest BCUT2D eigenvalue weighted by atomic mass is 9.97. The van der Waals surface area contributed by atoms with Crippen LogP contribution in [0.4, 0.5) is 9.59 Å². The highest BCUT2D eigenvalue weighted by atomic mass is 32.2. The van der Waals surface area contributed by atoms with E-state index in [0.717, 1.165) is 49.7 Å². The third-order valence-electron chi connectivity index (χ3n) is 6.66. The van der Waals surface area contributed by atoms with Gasteiger partial charge in [-0.3, -0.25) is 9.69 Å². The van der Waals surface area contributed by atoms with E-state index in [0.29, 0.717) is 12.0 Å². The highest BCUT2D eigenvalue weighted by molar-refractivity contribution is 7.90. The Balaban J connectivity index is 1.24. The molecule has 2 aliphatic rings. The SMILES string of the molecule is O=C(NC1CCCCCCC1)NS(=O)(=O)c1ccc(CCNC(=O)N2Cc3ccccc3C2=O)cc1. The molecule has 36 heavy (non-hydrogen) atoms. The molecule has 4 rings (SSSR count). The van der Waals surface area contributed by atoms with Gasteiger partial charge in [0.15, 0.2) is 0 Å². The molecule has 1 fully saturated rings. The highest BCUT2D eigenvalue weighted by Gasteiger charge is 2.31. The van der Waals surface area contributed by atoms with Crippen LogP contribution in [0.1, 0.15) is 66.4 Å². The van der Waals surface area contributed by atoms with E-state index in [2.05, 4.69) is 15.4 Å². The Kier molecular flexibility index (Phi) is 8.25. The molecule has 2 aromatic carbocycles. The van der Waals surface area contributed by atoms with Gasteiger partial charge < -0.3 is 10.6 Å². The number of hydrogen-bond acceptors (Lipinski definition) is 5. The Hall–Kier alpha value is -3.40. The van der Waals surface area contributed by atoms with Gasteiger partial charge >= 0.3 is 12.1 Å². The summed E-state index contributed by atoms with van der Waals surface area (Å²) in [5, 5.41) is 5.54. The summed E-state index contributed by atoms with van der Waals surface area (Å²) in [7, 11) is -4.00. The number of hydrogen-bond donors (Lipinski definition) is 3. The minimum Gasteiger partial charge on any atom is -0.337 e. The number of imide groups is 1. The smallest absolute Gasteiger partial charge is 0.328 e. The van der Waals surface area contributed by atoms with Crippen molar-refractivity contribution in [1.29, 1.82) is 0 Å². The Morgan fingerprint density at radius 2 is 1.58 bits per heavy atom. The first-order valence-corrected chi connectivity index (χ1v) is 13.9. The van der Waals surface area contributed by atoms with Crippen LogP contribution >= 0.6 is 0 Å². The van der Waals surface area contributed by atoms with Gasteiger partial charge in [0.05, 0.1) is 11.4 Å². The van der Waals surface area contributed by atoms with E-state index in [-0.39, 0.29) is 29.9 Å². The Bertz CT molecular complexity index is 1210. The van der Waals surface area contributed by atoms with Crippen LogP contribution in [0.2, 0.25) is 0 Å². The van der Waals surface area contributed by atoms with Crippen molar-refractivity contribution in [1.82, 2.24) is 20.3 Å². The number of carbonyl (C=O) groups excluding carboxylic acids is 3. The molecule has 2 aromatic rings. The van der Waals surface area contributed by atoms with Crippen LogP contribution in [0.25, 0.3) is 0 Å². The lowest BCUT2D eigenvalue weighted by molar-refractivity contribution is 0.0821. The number of urea groups is 2. The van der Waals surface area contributed by atoms with E-state index in [1.807, 2.05) is 12.1 Å². The molecule has 0 unspecified atom stereocenters. The molecule has 1 aliphatic carbocycles. The van der Waals surface area contributed by atoms with Gasteiger partial charge in [-0.1, -0.05) is 62.4 Å². The maximum absolute atomic E-state index is 12.6. The summed E-state index contributed by atoms with van der Waals surface area (Å²) in [5.41, 5.74) is 2.17. The Morgan fingerprint density at radius 1 is 0.917 bits per heavy atom. The number of amides is 5. The van der Waals surface area contributed by atoms with Crippen LogP contribution in [0.15, 0.2) is 53.4 Å². The first-order chi connectivity index (χ1) is 17.3. The summed E-state index contributed by atoms with van der Waals surface area (Å²) >= 11 is 0. The zero-order valence-corrected chi connectivity index (χ0v) is 21.0. The summed E-state index contributed by atoms with van der Waals surface area (Å²) in [6.45, 7) is 0.530. The molecule has 192 valence electrons. The second-order valence-corrected chi connectivity index (χ2v) is 11.0. The summed E-state index contributed by atoms with van der Waals surface area (Å²) in [5.74, 6) is -0.316. The molecule has 3 N–H and O–H groups in total. The fraction of sp³-hybridized carbons (Fsp3) is 0.423. The fourth-order valence-electron chi connectivity index (χ4n) is 4.66. The monoisotopic (exact) mass is 512 g/mol. The van der Waals surface area contributed by atoms with Crippen molar-refractivity contribution in [3.63, 3.8) is 0 Å². The summed E-state index contributed by atoms with van der Waals surface area (Å²) in [6.07, 6.45) is 7.72. The van der Waals surface area contributed by atoms with Crippen molar-refractivity contribution >= 4 is 28.0 Å². The predicted octanol–water partition coefficient (Wildman–Crippen LogP) is 3.70. The first kappa shape index (κ1) is 25.7. The lowest BCUT2D eigenvalue weighted by Gasteiger charge is -2.21. The van der Waals surface area contributed by atoms with E-state index < -0.39 is 22.1 Å². The van der Waals surface area contributed by atoms with Crippen LogP contribution in [-0.4, -0.2) is 43.9 Å². The normalized spacial score (nSPS) is 16.6. The second-order valence-electron chi connectivity index (χ2n) is 9.30. The van der Waals surface area contributed by atoms with Gasteiger partial charge in [-0.05, 0) is 48.6 Å². The zero-order chi connectivity index (χ0) is 25.5. The first-order valence-electron chi connectivity index (χ1n) is 12.4. The minimum atomic E-state index is -4.00. The van der Waals surface area contributed by atoms with Crippen LogP contribution in [0.5, 0.6) is 0 Å². The molecular formula is C26H32N4O5S. The molecule has 1 aliphatic heterocycles. The molecule has 0 spiro atoms. The van der Waals surface area contributed by atoms with Gasteiger partial charge in [0.25, 0.3) is 15.9 Å². The highest BCUT2D eigenvalue weighted by Crippen LogP contribution is 2.22. The molecular weight excluding hydrogens is 480 g/mol. The number of rotatable bonds is 6. The molecule has 9 nitrogen and oxygen atoms in total. The lowest BCUT2D eigenvalue weighted by Crippen LogP contribution is -2.44. The third-order valence-corrected chi connectivity index (χ3v) is 8.00. The van der Waals surface area contributed by atoms with Crippen molar-refractivity contribution in [2.75, 3.05) is 6.54 Å². The number of carbonyl (C=O) groups is 3. The van der Waals surface area contributed by atoms with Gasteiger partial charge in [0.2, 0.25) is 0 Å². The van der Waals surface area contributed by atoms with E-state index in [4.69, 9.17) is 0 Å². The number of nitrogens with zero attached hydrogens (tertiary/aromatic N) is 1. The number of benzene rings is 2. The molecule has 0 atom stereocenters. The molecule has 0 radical (unpaired) electrons. The average Bonchev–Trinajstić information content (AvgIpc) is 3.17. The Labute approximate surface area is 211 Å². The van der Waals surface area contributed by atoms with E-state index >= 15 is 0 Å². The molecule has 0 saturated heterocycles. The van der Waals surface area contributed by atoms with Crippen molar-refractivity contribution < 1.29 is 22.8 Å². The average molecular weight is 513 g/mol. The number of fused-ring (bicyclic) bond motifs is 1. The van der Waals surface area contributed by atoms with Gasteiger partial charge in [-0.15, -0.1) is 0 Å². The maximum Gasteiger partial charge on any atom is 0.328 e. The van der Waals surface area contributed by atoms with Crippen LogP contribution in [0.3, 0.4) is 0 Å². The van der Waals surface area contributed by atoms with Crippen LogP contribution in [0, 0.1) is 0 Å². The van der Waals surface area contributed by atoms with Crippen LogP contribution in [-0.2, 0) is 23.0 Å². The van der Waals surface area contributed by atoms with Crippen molar-refractivity contribution in [3.8, 4) is 0 Å². The summed E-state index contributed by atoms with van der Waals surface area (Å²) in [4.78, 5) is 38.3.